The van der Waals surface area contributed by atoms with Crippen LogP contribution < -0.4 is 0 Å². The minimum atomic E-state index is -0.427. The Morgan fingerprint density at radius 3 is 2.79 bits per heavy atom. The summed E-state index contributed by atoms with van der Waals surface area (Å²) in [6, 6.07) is 15.2. The molecule has 1 amide bonds. The number of azo groups is 1. The number of benzene rings is 2. The second-order valence-corrected chi connectivity index (χ2v) is 6.67. The molecule has 2 aromatic heterocycles. The Morgan fingerprint density at radius 1 is 1.18 bits per heavy atom. The van der Waals surface area contributed by atoms with E-state index in [-0.39, 0.29) is 12.3 Å². The molecule has 2 heterocycles. The van der Waals surface area contributed by atoms with Crippen LogP contribution in [0.25, 0.3) is 21.9 Å². The molecule has 2 aromatic carbocycles. The number of H-pyrrole nitrogens is 1. The highest BCUT2D eigenvalue weighted by Crippen LogP contribution is 2.39. The maximum Gasteiger partial charge on any atom is 0.272 e. The maximum absolute atomic E-state index is 12.3. The van der Waals surface area contributed by atoms with Gasteiger partial charge in [-0.3, -0.25) is 4.79 Å². The number of hydrogen-bond acceptors (Lipinski definition) is 4. The Bertz CT molecular complexity index is 1140. The largest absolute Gasteiger partial charge is 0.493 e. The fraction of sp³-hybridized carbons (Fsp3) is 0.238. The molecular weight excluding hydrogens is 354 g/mol. The SMILES string of the molecule is CCCCn1c(O)c(N=NC(=O)Cc2nc3ccccc3[nH]2)c2ccccc21. The van der Waals surface area contributed by atoms with Crippen LogP contribution in [-0.4, -0.2) is 25.5 Å². The predicted octanol–water partition coefficient (Wildman–Crippen LogP) is 4.88. The van der Waals surface area contributed by atoms with Crippen molar-refractivity contribution in [2.75, 3.05) is 0 Å². The molecule has 0 radical (unpaired) electrons. The minimum absolute atomic E-state index is 0.0212. The van der Waals surface area contributed by atoms with Crippen molar-refractivity contribution < 1.29 is 9.90 Å². The first-order valence-corrected chi connectivity index (χ1v) is 9.35. The van der Waals surface area contributed by atoms with E-state index in [4.69, 9.17) is 0 Å². The van der Waals surface area contributed by atoms with Gasteiger partial charge in [-0.1, -0.05) is 43.7 Å². The fourth-order valence-corrected chi connectivity index (χ4v) is 3.29. The van der Waals surface area contributed by atoms with E-state index in [1.165, 1.54) is 0 Å². The molecule has 0 aliphatic rings. The summed E-state index contributed by atoms with van der Waals surface area (Å²) in [4.78, 5) is 19.8. The average molecular weight is 375 g/mol. The lowest BCUT2D eigenvalue weighted by Crippen LogP contribution is -1.99. The summed E-state index contributed by atoms with van der Waals surface area (Å²) < 4.78 is 1.82. The number of aryl methyl sites for hydroxylation is 1. The highest BCUT2D eigenvalue weighted by Gasteiger charge is 2.16. The van der Waals surface area contributed by atoms with E-state index in [1.807, 2.05) is 53.1 Å². The standard InChI is InChI=1S/C21H21N5O2/c1-2-3-12-26-17-11-7-4-8-14(17)20(21(26)28)25-24-19(27)13-18-22-15-9-5-6-10-16(15)23-18/h4-11,28H,2-3,12-13H2,1H3,(H,22,23). The summed E-state index contributed by atoms with van der Waals surface area (Å²) in [6.45, 7) is 2.78. The maximum atomic E-state index is 12.3. The van der Waals surface area contributed by atoms with Crippen LogP contribution in [0, 0.1) is 0 Å². The summed E-state index contributed by atoms with van der Waals surface area (Å²) >= 11 is 0. The van der Waals surface area contributed by atoms with E-state index in [1.54, 1.807) is 0 Å². The van der Waals surface area contributed by atoms with Crippen LogP contribution in [0.1, 0.15) is 25.6 Å². The van der Waals surface area contributed by atoms with Gasteiger partial charge in [0.05, 0.1) is 23.0 Å². The molecule has 0 spiro atoms. The molecule has 2 N–H and O–H groups in total. The Kier molecular flexibility index (Phi) is 4.89. The molecule has 0 unspecified atom stereocenters. The van der Waals surface area contributed by atoms with E-state index < -0.39 is 5.91 Å². The number of amides is 1. The second-order valence-electron chi connectivity index (χ2n) is 6.67. The lowest BCUT2D eigenvalue weighted by Gasteiger charge is -2.05. The van der Waals surface area contributed by atoms with Crippen LogP contribution in [0.3, 0.4) is 0 Å². The van der Waals surface area contributed by atoms with Crippen molar-refractivity contribution in [1.29, 1.82) is 0 Å². The van der Waals surface area contributed by atoms with Gasteiger partial charge in [-0.15, -0.1) is 10.2 Å². The molecule has 0 saturated heterocycles. The van der Waals surface area contributed by atoms with Crippen molar-refractivity contribution >= 4 is 33.5 Å². The minimum Gasteiger partial charge on any atom is -0.493 e. The van der Waals surface area contributed by atoms with Gasteiger partial charge in [0.25, 0.3) is 5.91 Å². The molecule has 7 nitrogen and oxygen atoms in total. The number of aromatic amines is 1. The third kappa shape index (κ3) is 3.38. The normalized spacial score (nSPS) is 11.8. The molecule has 0 atom stereocenters. The number of aromatic hydroxyl groups is 1. The Labute approximate surface area is 161 Å². The van der Waals surface area contributed by atoms with Gasteiger partial charge in [0, 0.05) is 11.9 Å². The van der Waals surface area contributed by atoms with E-state index in [9.17, 15) is 9.90 Å². The summed E-state index contributed by atoms with van der Waals surface area (Å²) in [5.74, 6) is 0.151. The quantitative estimate of drug-likeness (QED) is 0.470. The first-order valence-electron chi connectivity index (χ1n) is 9.35. The Morgan fingerprint density at radius 2 is 1.96 bits per heavy atom. The molecule has 4 rings (SSSR count). The van der Waals surface area contributed by atoms with Gasteiger partial charge in [-0.2, -0.15) is 0 Å². The zero-order valence-corrected chi connectivity index (χ0v) is 15.6. The van der Waals surface area contributed by atoms with Crippen molar-refractivity contribution in [1.82, 2.24) is 14.5 Å². The highest BCUT2D eigenvalue weighted by molar-refractivity contribution is 5.95. The third-order valence-electron chi connectivity index (χ3n) is 4.67. The van der Waals surface area contributed by atoms with Crippen molar-refractivity contribution in [2.45, 2.75) is 32.7 Å². The molecule has 0 bridgehead atoms. The first kappa shape index (κ1) is 17.9. The van der Waals surface area contributed by atoms with E-state index >= 15 is 0 Å². The number of nitrogens with one attached hydrogen (secondary N) is 1. The summed E-state index contributed by atoms with van der Waals surface area (Å²) in [5.41, 5.74) is 2.88. The van der Waals surface area contributed by atoms with Crippen molar-refractivity contribution in [3.05, 3.63) is 54.4 Å². The monoisotopic (exact) mass is 375 g/mol. The second kappa shape index (κ2) is 7.64. The van der Waals surface area contributed by atoms with Crippen LogP contribution in [0.5, 0.6) is 5.88 Å². The first-order chi connectivity index (χ1) is 13.7. The van der Waals surface area contributed by atoms with Gasteiger partial charge < -0.3 is 14.7 Å². The number of unbranched alkanes of at least 4 members (excludes halogenated alkanes) is 1. The molecule has 0 aliphatic carbocycles. The van der Waals surface area contributed by atoms with Gasteiger partial charge in [0.1, 0.15) is 5.82 Å². The van der Waals surface area contributed by atoms with Gasteiger partial charge in [0.2, 0.25) is 5.88 Å². The summed E-state index contributed by atoms with van der Waals surface area (Å²) in [5, 5.41) is 19.3. The van der Waals surface area contributed by atoms with Gasteiger partial charge in [0.15, 0.2) is 5.69 Å². The molecule has 0 fully saturated rings. The van der Waals surface area contributed by atoms with Crippen LogP contribution >= 0.6 is 0 Å². The number of fused-ring (bicyclic) bond motifs is 2. The number of carbonyl (C=O) groups is 1. The molecule has 0 saturated carbocycles. The smallest absolute Gasteiger partial charge is 0.272 e. The zero-order chi connectivity index (χ0) is 19.5. The Hall–Kier alpha value is -3.48. The number of nitrogens with zero attached hydrogens (tertiary/aromatic N) is 4. The van der Waals surface area contributed by atoms with Crippen LogP contribution in [-0.2, 0) is 17.8 Å². The lowest BCUT2D eigenvalue weighted by molar-refractivity contribution is -0.117. The summed E-state index contributed by atoms with van der Waals surface area (Å²) in [7, 11) is 0. The van der Waals surface area contributed by atoms with E-state index in [2.05, 4.69) is 27.1 Å². The van der Waals surface area contributed by atoms with Crippen molar-refractivity contribution in [3.8, 4) is 5.88 Å². The molecular formula is C21H21N5O2. The van der Waals surface area contributed by atoms with Crippen LogP contribution in [0.2, 0.25) is 0 Å². The van der Waals surface area contributed by atoms with Crippen molar-refractivity contribution in [3.63, 3.8) is 0 Å². The van der Waals surface area contributed by atoms with Crippen LogP contribution in [0.4, 0.5) is 5.69 Å². The molecule has 0 aliphatic heterocycles. The fourth-order valence-electron chi connectivity index (χ4n) is 3.29. The predicted molar refractivity (Wildman–Crippen MR) is 108 cm³/mol. The number of hydrogen-bond donors (Lipinski definition) is 2. The molecule has 7 heteroatoms. The number of carbonyl (C=O) groups excluding carboxylic acids is 1. The van der Waals surface area contributed by atoms with E-state index in [0.717, 1.165) is 34.8 Å². The average Bonchev–Trinajstić information content (AvgIpc) is 3.22. The van der Waals surface area contributed by atoms with Gasteiger partial charge in [-0.05, 0) is 24.6 Å². The number of rotatable bonds is 6. The van der Waals surface area contributed by atoms with Gasteiger partial charge >= 0.3 is 0 Å². The molecule has 4 aromatic rings. The topological polar surface area (TPSA) is 95.6 Å². The van der Waals surface area contributed by atoms with Gasteiger partial charge in [-0.25, -0.2) is 4.98 Å². The number of imidazole rings is 1. The zero-order valence-electron chi connectivity index (χ0n) is 15.6. The lowest BCUT2D eigenvalue weighted by atomic mass is 10.2. The molecule has 28 heavy (non-hydrogen) atoms. The number of aromatic nitrogens is 3. The molecule has 142 valence electrons. The Balaban J connectivity index is 1.59. The highest BCUT2D eigenvalue weighted by atomic mass is 16.3. The van der Waals surface area contributed by atoms with E-state index in [0.29, 0.717) is 18.1 Å². The summed E-state index contributed by atoms with van der Waals surface area (Å²) in [6.07, 6.45) is 1.97. The van der Waals surface area contributed by atoms with Crippen LogP contribution in [0.15, 0.2) is 58.8 Å². The van der Waals surface area contributed by atoms with Crippen molar-refractivity contribution in [2.24, 2.45) is 10.2 Å². The number of para-hydroxylation sites is 3. The third-order valence-corrected chi connectivity index (χ3v) is 4.67.